The second kappa shape index (κ2) is 7.25. The lowest BCUT2D eigenvalue weighted by Gasteiger charge is -2.33. The summed E-state index contributed by atoms with van der Waals surface area (Å²) in [5.41, 5.74) is -0.530. The van der Waals surface area contributed by atoms with Crippen molar-refractivity contribution < 1.29 is 9.84 Å². The van der Waals surface area contributed by atoms with Crippen molar-refractivity contribution in [1.82, 2.24) is 5.32 Å². The van der Waals surface area contributed by atoms with Gasteiger partial charge in [-0.1, -0.05) is 26.7 Å². The third-order valence-corrected chi connectivity index (χ3v) is 3.42. The van der Waals surface area contributed by atoms with Crippen LogP contribution in [0.2, 0.25) is 0 Å². The molecule has 0 aromatic heterocycles. The summed E-state index contributed by atoms with van der Waals surface area (Å²) in [6.07, 6.45) is 6.37. The molecule has 3 heteroatoms. The number of nitrogens with one attached hydrogen (secondary N) is 1. The predicted octanol–water partition coefficient (Wildman–Crippen LogP) is 2.09. The van der Waals surface area contributed by atoms with Crippen molar-refractivity contribution in [2.75, 3.05) is 19.8 Å². The Balaban J connectivity index is 2.28. The van der Waals surface area contributed by atoms with Crippen molar-refractivity contribution >= 4 is 0 Å². The number of rotatable bonds is 7. The molecule has 2 N–H and O–H groups in total. The Morgan fingerprint density at radius 3 is 2.25 bits per heavy atom. The summed E-state index contributed by atoms with van der Waals surface area (Å²) in [5.74, 6) is 0. The largest absolute Gasteiger partial charge is 0.388 e. The lowest BCUT2D eigenvalue weighted by atomic mass is 9.93. The van der Waals surface area contributed by atoms with Crippen LogP contribution in [-0.4, -0.2) is 36.5 Å². The fourth-order valence-corrected chi connectivity index (χ4v) is 2.31. The van der Waals surface area contributed by atoms with Crippen LogP contribution in [0, 0.1) is 0 Å². The van der Waals surface area contributed by atoms with Gasteiger partial charge in [-0.15, -0.1) is 0 Å². The van der Waals surface area contributed by atoms with Crippen molar-refractivity contribution in [3.63, 3.8) is 0 Å². The normalized spacial score (nSPS) is 20.2. The first-order chi connectivity index (χ1) is 7.70. The molecule has 1 fully saturated rings. The lowest BCUT2D eigenvalue weighted by molar-refractivity contribution is -0.0629. The van der Waals surface area contributed by atoms with E-state index in [-0.39, 0.29) is 0 Å². The molecular formula is C13H27NO2. The maximum atomic E-state index is 10.3. The Morgan fingerprint density at radius 1 is 1.19 bits per heavy atom. The van der Waals surface area contributed by atoms with Crippen molar-refractivity contribution in [2.24, 2.45) is 0 Å². The molecule has 0 saturated carbocycles. The maximum absolute atomic E-state index is 10.3. The average Bonchev–Trinajstić information content (AvgIpc) is 2.28. The standard InChI is InChI=1S/C13H27NO2/c1-3-5-12(6-4-2)14-11-13(15)7-9-16-10-8-13/h12,14-15H,3-11H2,1-2H3. The van der Waals surface area contributed by atoms with Crippen molar-refractivity contribution in [3.05, 3.63) is 0 Å². The van der Waals surface area contributed by atoms with Crippen molar-refractivity contribution in [3.8, 4) is 0 Å². The monoisotopic (exact) mass is 229 g/mol. The topological polar surface area (TPSA) is 41.5 Å². The summed E-state index contributed by atoms with van der Waals surface area (Å²) < 4.78 is 5.28. The molecule has 0 aromatic rings. The van der Waals surface area contributed by atoms with Gasteiger partial charge in [0.2, 0.25) is 0 Å². The van der Waals surface area contributed by atoms with Crippen LogP contribution in [0.1, 0.15) is 52.4 Å². The third kappa shape index (κ3) is 4.81. The summed E-state index contributed by atoms with van der Waals surface area (Å²) in [4.78, 5) is 0. The highest BCUT2D eigenvalue weighted by atomic mass is 16.5. The second-order valence-electron chi connectivity index (χ2n) is 4.99. The van der Waals surface area contributed by atoms with E-state index in [1.165, 1.54) is 25.7 Å². The van der Waals surface area contributed by atoms with E-state index >= 15 is 0 Å². The first-order valence-corrected chi connectivity index (χ1v) is 6.73. The molecule has 1 aliphatic heterocycles. The Bertz CT molecular complexity index is 173. The fourth-order valence-electron chi connectivity index (χ4n) is 2.31. The van der Waals surface area contributed by atoms with E-state index in [0.717, 1.165) is 19.4 Å². The molecule has 1 rings (SSSR count). The van der Waals surface area contributed by atoms with E-state index in [2.05, 4.69) is 19.2 Å². The molecule has 0 bridgehead atoms. The maximum Gasteiger partial charge on any atom is 0.0815 e. The summed E-state index contributed by atoms with van der Waals surface area (Å²) >= 11 is 0. The molecule has 96 valence electrons. The zero-order chi connectivity index (χ0) is 11.9. The molecule has 1 heterocycles. The first kappa shape index (κ1) is 13.9. The molecule has 0 radical (unpaired) electrons. The zero-order valence-corrected chi connectivity index (χ0v) is 10.8. The Morgan fingerprint density at radius 2 is 1.75 bits per heavy atom. The molecule has 1 saturated heterocycles. The molecule has 0 spiro atoms. The van der Waals surface area contributed by atoms with Gasteiger partial charge in [-0.25, -0.2) is 0 Å². The van der Waals surface area contributed by atoms with Crippen molar-refractivity contribution in [2.45, 2.75) is 64.0 Å². The number of hydrogen-bond acceptors (Lipinski definition) is 3. The van der Waals surface area contributed by atoms with Gasteiger partial charge in [0.1, 0.15) is 0 Å². The van der Waals surface area contributed by atoms with E-state index in [9.17, 15) is 5.11 Å². The van der Waals surface area contributed by atoms with E-state index in [1.807, 2.05) is 0 Å². The molecule has 0 aromatic carbocycles. The molecule has 0 amide bonds. The van der Waals surface area contributed by atoms with E-state index < -0.39 is 5.60 Å². The van der Waals surface area contributed by atoms with Crippen LogP contribution in [-0.2, 0) is 4.74 Å². The fraction of sp³-hybridized carbons (Fsp3) is 1.00. The lowest BCUT2D eigenvalue weighted by Crippen LogP contribution is -2.47. The minimum absolute atomic E-state index is 0.530. The van der Waals surface area contributed by atoms with Crippen LogP contribution < -0.4 is 5.32 Å². The van der Waals surface area contributed by atoms with Gasteiger partial charge in [0, 0.05) is 38.6 Å². The van der Waals surface area contributed by atoms with Gasteiger partial charge in [-0.2, -0.15) is 0 Å². The van der Waals surface area contributed by atoms with E-state index in [0.29, 0.717) is 19.3 Å². The number of hydrogen-bond donors (Lipinski definition) is 2. The molecule has 16 heavy (non-hydrogen) atoms. The zero-order valence-electron chi connectivity index (χ0n) is 10.8. The summed E-state index contributed by atoms with van der Waals surface area (Å²) in [6.45, 7) is 6.55. The van der Waals surface area contributed by atoms with Gasteiger partial charge in [0.25, 0.3) is 0 Å². The smallest absolute Gasteiger partial charge is 0.0815 e. The second-order valence-corrected chi connectivity index (χ2v) is 4.99. The molecular weight excluding hydrogens is 202 g/mol. The van der Waals surface area contributed by atoms with Crippen LogP contribution in [0.25, 0.3) is 0 Å². The molecule has 0 atom stereocenters. The van der Waals surface area contributed by atoms with E-state index in [4.69, 9.17) is 4.74 Å². The summed E-state index contributed by atoms with van der Waals surface area (Å²) in [6, 6.07) is 0.571. The third-order valence-electron chi connectivity index (χ3n) is 3.42. The van der Waals surface area contributed by atoms with Gasteiger partial charge in [-0.3, -0.25) is 0 Å². The molecule has 1 aliphatic rings. The van der Waals surface area contributed by atoms with Crippen LogP contribution >= 0.6 is 0 Å². The quantitative estimate of drug-likeness (QED) is 0.702. The number of aliphatic hydroxyl groups is 1. The summed E-state index contributed by atoms with van der Waals surface area (Å²) in [7, 11) is 0. The van der Waals surface area contributed by atoms with Crippen molar-refractivity contribution in [1.29, 1.82) is 0 Å². The SMILES string of the molecule is CCCC(CCC)NCC1(O)CCOCC1. The first-order valence-electron chi connectivity index (χ1n) is 6.73. The van der Waals surface area contributed by atoms with Gasteiger partial charge in [0.05, 0.1) is 5.60 Å². The van der Waals surface area contributed by atoms with Crippen LogP contribution in [0.4, 0.5) is 0 Å². The highest BCUT2D eigenvalue weighted by Gasteiger charge is 2.29. The van der Waals surface area contributed by atoms with Gasteiger partial charge < -0.3 is 15.2 Å². The highest BCUT2D eigenvalue weighted by molar-refractivity contribution is 4.84. The van der Waals surface area contributed by atoms with Crippen LogP contribution in [0.3, 0.4) is 0 Å². The van der Waals surface area contributed by atoms with Gasteiger partial charge >= 0.3 is 0 Å². The highest BCUT2D eigenvalue weighted by Crippen LogP contribution is 2.20. The van der Waals surface area contributed by atoms with E-state index in [1.54, 1.807) is 0 Å². The van der Waals surface area contributed by atoms with Gasteiger partial charge in [0.15, 0.2) is 0 Å². The average molecular weight is 229 g/mol. The molecule has 0 aliphatic carbocycles. The van der Waals surface area contributed by atoms with Crippen LogP contribution in [0.5, 0.6) is 0 Å². The summed E-state index contributed by atoms with van der Waals surface area (Å²) in [5, 5.41) is 13.8. The molecule has 0 unspecified atom stereocenters. The number of ether oxygens (including phenoxy) is 1. The Labute approximate surface area is 99.6 Å². The minimum atomic E-state index is -0.530. The molecule has 3 nitrogen and oxygen atoms in total. The minimum Gasteiger partial charge on any atom is -0.388 e. The van der Waals surface area contributed by atoms with Gasteiger partial charge in [-0.05, 0) is 12.8 Å². The van der Waals surface area contributed by atoms with Crippen LogP contribution in [0.15, 0.2) is 0 Å². The Kier molecular flexibility index (Phi) is 6.32. The predicted molar refractivity (Wildman–Crippen MR) is 66.6 cm³/mol. The Hall–Kier alpha value is -0.120.